The Kier molecular flexibility index (Phi) is 3.28. The number of halogens is 3. The maximum Gasteiger partial charge on any atom is 0.216 e. The van der Waals surface area contributed by atoms with Gasteiger partial charge in [-0.2, -0.15) is 14.9 Å². The van der Waals surface area contributed by atoms with Crippen molar-refractivity contribution in [2.24, 2.45) is 5.10 Å². The van der Waals surface area contributed by atoms with E-state index in [1.54, 1.807) is 6.92 Å². The Hall–Kier alpha value is -1.96. The first kappa shape index (κ1) is 12.5. The van der Waals surface area contributed by atoms with Gasteiger partial charge in [-0.15, -0.1) is 0 Å². The predicted octanol–water partition coefficient (Wildman–Crippen LogP) is 2.55. The van der Waals surface area contributed by atoms with Crippen LogP contribution in [0.5, 0.6) is 0 Å². The highest BCUT2D eigenvalue weighted by Crippen LogP contribution is 2.12. The van der Waals surface area contributed by atoms with Gasteiger partial charge in [-0.05, 0) is 31.3 Å². The van der Waals surface area contributed by atoms with Gasteiger partial charge in [-0.25, -0.2) is 13.2 Å². The Balaban J connectivity index is 2.38. The number of H-pyrrole nitrogens is 1. The van der Waals surface area contributed by atoms with Crippen LogP contribution in [0.25, 0.3) is 0 Å². The van der Waals surface area contributed by atoms with E-state index in [-0.39, 0.29) is 10.3 Å². The van der Waals surface area contributed by atoms with Gasteiger partial charge in [0.25, 0.3) is 0 Å². The number of aromatic nitrogens is 3. The molecular weight excluding hydrogens is 265 g/mol. The van der Waals surface area contributed by atoms with Gasteiger partial charge < -0.3 is 0 Å². The third kappa shape index (κ3) is 2.33. The van der Waals surface area contributed by atoms with E-state index in [1.165, 1.54) is 4.68 Å². The van der Waals surface area contributed by atoms with E-state index in [9.17, 15) is 13.2 Å². The van der Waals surface area contributed by atoms with E-state index in [4.69, 9.17) is 12.2 Å². The second-order valence-electron chi connectivity index (χ2n) is 3.43. The van der Waals surface area contributed by atoms with Gasteiger partial charge in [0.1, 0.15) is 5.82 Å². The highest BCUT2D eigenvalue weighted by Gasteiger charge is 2.09. The molecule has 2 rings (SSSR count). The van der Waals surface area contributed by atoms with Crippen LogP contribution in [0.4, 0.5) is 13.2 Å². The maximum atomic E-state index is 12.9. The number of hydrogen-bond acceptors (Lipinski definition) is 3. The average Bonchev–Trinajstić information content (AvgIpc) is 2.63. The van der Waals surface area contributed by atoms with Crippen molar-refractivity contribution in [1.82, 2.24) is 14.9 Å². The van der Waals surface area contributed by atoms with E-state index in [1.807, 2.05) is 0 Å². The monoisotopic (exact) mass is 272 g/mol. The molecule has 1 N–H and O–H groups in total. The fourth-order valence-corrected chi connectivity index (χ4v) is 1.51. The molecule has 0 fully saturated rings. The molecule has 1 aromatic heterocycles. The molecule has 4 nitrogen and oxygen atoms in total. The predicted molar refractivity (Wildman–Crippen MR) is 61.5 cm³/mol. The van der Waals surface area contributed by atoms with E-state index in [0.29, 0.717) is 5.82 Å². The minimum Gasteiger partial charge on any atom is -0.250 e. The van der Waals surface area contributed by atoms with Crippen molar-refractivity contribution in [2.75, 3.05) is 0 Å². The lowest BCUT2D eigenvalue weighted by Gasteiger charge is -1.98. The van der Waals surface area contributed by atoms with Gasteiger partial charge in [0.05, 0.1) is 6.21 Å². The zero-order valence-electron chi connectivity index (χ0n) is 9.12. The molecule has 0 saturated carbocycles. The zero-order chi connectivity index (χ0) is 13.3. The Morgan fingerprint density at radius 1 is 1.33 bits per heavy atom. The first-order chi connectivity index (χ1) is 8.49. The summed E-state index contributed by atoms with van der Waals surface area (Å²) in [4.78, 5) is 0. The van der Waals surface area contributed by atoms with Crippen molar-refractivity contribution < 1.29 is 13.2 Å². The van der Waals surface area contributed by atoms with Gasteiger partial charge in [0, 0.05) is 5.56 Å². The molecule has 1 aromatic carbocycles. The summed E-state index contributed by atoms with van der Waals surface area (Å²) in [7, 11) is 0. The number of benzene rings is 1. The summed E-state index contributed by atoms with van der Waals surface area (Å²) < 4.78 is 40.1. The molecule has 0 unspecified atom stereocenters. The van der Waals surface area contributed by atoms with E-state index >= 15 is 0 Å². The first-order valence-electron chi connectivity index (χ1n) is 4.82. The zero-order valence-corrected chi connectivity index (χ0v) is 9.93. The lowest BCUT2D eigenvalue weighted by molar-refractivity contribution is 0.447. The van der Waals surface area contributed by atoms with Crippen LogP contribution in [-0.2, 0) is 0 Å². The summed E-state index contributed by atoms with van der Waals surface area (Å²) in [5, 5.41) is 10.2. The van der Waals surface area contributed by atoms with Crippen LogP contribution in [0.15, 0.2) is 17.2 Å². The lowest BCUT2D eigenvalue weighted by Crippen LogP contribution is -1.97. The number of nitrogens with one attached hydrogen (secondary N) is 1. The van der Waals surface area contributed by atoms with Crippen molar-refractivity contribution >= 4 is 18.4 Å². The lowest BCUT2D eigenvalue weighted by atomic mass is 10.2. The fourth-order valence-electron chi connectivity index (χ4n) is 1.28. The van der Waals surface area contributed by atoms with E-state index < -0.39 is 17.5 Å². The van der Waals surface area contributed by atoms with Crippen LogP contribution in [0.2, 0.25) is 0 Å². The summed E-state index contributed by atoms with van der Waals surface area (Å²) >= 11 is 4.88. The van der Waals surface area contributed by atoms with Crippen molar-refractivity contribution in [1.29, 1.82) is 0 Å². The molecular formula is C10H7F3N4S. The third-order valence-corrected chi connectivity index (χ3v) is 2.40. The normalized spacial score (nSPS) is 11.3. The van der Waals surface area contributed by atoms with Gasteiger partial charge in [0.2, 0.25) is 4.77 Å². The largest absolute Gasteiger partial charge is 0.250 e. The number of aryl methyl sites for hydroxylation is 1. The third-order valence-electron chi connectivity index (χ3n) is 2.14. The second-order valence-corrected chi connectivity index (χ2v) is 3.82. The molecule has 8 heteroatoms. The number of hydrogen-bond donors (Lipinski definition) is 1. The van der Waals surface area contributed by atoms with Gasteiger partial charge in [-0.3, -0.25) is 5.10 Å². The van der Waals surface area contributed by atoms with Crippen LogP contribution >= 0.6 is 12.2 Å². The van der Waals surface area contributed by atoms with Crippen molar-refractivity contribution in [3.63, 3.8) is 0 Å². The van der Waals surface area contributed by atoms with Crippen molar-refractivity contribution in [3.05, 3.63) is 45.7 Å². The Morgan fingerprint density at radius 3 is 2.44 bits per heavy atom. The van der Waals surface area contributed by atoms with Crippen molar-refractivity contribution in [3.8, 4) is 0 Å². The van der Waals surface area contributed by atoms with Crippen LogP contribution in [0.3, 0.4) is 0 Å². The van der Waals surface area contributed by atoms with Crippen LogP contribution in [-0.4, -0.2) is 21.1 Å². The summed E-state index contributed by atoms with van der Waals surface area (Å²) in [6.45, 7) is 1.65. The Morgan fingerprint density at radius 2 is 1.94 bits per heavy atom. The topological polar surface area (TPSA) is 46.0 Å². The number of aromatic amines is 1. The molecule has 1 heterocycles. The standard InChI is InChI=1S/C10H7F3N4S/c1-5-15-16-10(18)17(5)14-4-6-2-7(11)9(13)8(12)3-6/h2-4H,1H3,(H,16,18)/b14-4+. The minimum absolute atomic E-state index is 0.0777. The average molecular weight is 272 g/mol. The fraction of sp³-hybridized carbons (Fsp3) is 0.100. The smallest absolute Gasteiger partial charge is 0.216 e. The second kappa shape index (κ2) is 4.73. The van der Waals surface area contributed by atoms with Crippen molar-refractivity contribution in [2.45, 2.75) is 6.92 Å². The van der Waals surface area contributed by atoms with Crippen LogP contribution < -0.4 is 0 Å². The molecule has 0 bridgehead atoms. The Labute approximate surface area is 105 Å². The SMILES string of the molecule is Cc1n[nH]c(=S)n1/N=C/c1cc(F)c(F)c(F)c1. The van der Waals surface area contributed by atoms with Crippen LogP contribution in [0, 0.1) is 29.1 Å². The molecule has 18 heavy (non-hydrogen) atoms. The first-order valence-corrected chi connectivity index (χ1v) is 5.23. The molecule has 0 atom stereocenters. The molecule has 94 valence electrons. The van der Waals surface area contributed by atoms with Crippen LogP contribution in [0.1, 0.15) is 11.4 Å². The molecule has 0 spiro atoms. The molecule has 0 radical (unpaired) electrons. The molecule has 2 aromatic rings. The molecule has 0 aliphatic carbocycles. The summed E-state index contributed by atoms with van der Waals surface area (Å²) in [5.74, 6) is -3.57. The van der Waals surface area contributed by atoms with Gasteiger partial charge >= 0.3 is 0 Å². The molecule has 0 aliphatic heterocycles. The molecule has 0 aliphatic rings. The highest BCUT2D eigenvalue weighted by atomic mass is 32.1. The maximum absolute atomic E-state index is 12.9. The molecule has 0 amide bonds. The van der Waals surface area contributed by atoms with E-state index in [2.05, 4.69) is 15.3 Å². The summed E-state index contributed by atoms with van der Waals surface area (Å²) in [6, 6.07) is 1.67. The number of nitrogens with zero attached hydrogens (tertiary/aromatic N) is 3. The minimum atomic E-state index is -1.51. The number of rotatable bonds is 2. The highest BCUT2D eigenvalue weighted by molar-refractivity contribution is 7.71. The Bertz CT molecular complexity index is 651. The van der Waals surface area contributed by atoms with E-state index in [0.717, 1.165) is 18.3 Å². The van der Waals surface area contributed by atoms with Gasteiger partial charge in [-0.1, -0.05) is 0 Å². The molecule has 0 saturated heterocycles. The summed E-state index contributed by atoms with van der Waals surface area (Å²) in [6.07, 6.45) is 1.16. The summed E-state index contributed by atoms with van der Waals surface area (Å²) in [5.41, 5.74) is 0.0777. The quantitative estimate of drug-likeness (QED) is 0.519. The van der Waals surface area contributed by atoms with Gasteiger partial charge in [0.15, 0.2) is 17.5 Å².